The minimum atomic E-state index is -3.60. The Bertz CT molecular complexity index is 545. The smallest absolute Gasteiger partial charge is 0.336 e. The predicted molar refractivity (Wildman–Crippen MR) is 70.0 cm³/mol. The Morgan fingerprint density at radius 1 is 1.58 bits per heavy atom. The molecule has 1 aliphatic heterocycles. The van der Waals surface area contributed by atoms with E-state index in [-0.39, 0.29) is 9.77 Å². The number of rotatable bonds is 6. The first-order chi connectivity index (χ1) is 8.99. The van der Waals surface area contributed by atoms with Gasteiger partial charge in [-0.1, -0.05) is 0 Å². The number of hydrogen-bond donors (Lipinski definition) is 2. The van der Waals surface area contributed by atoms with Crippen LogP contribution >= 0.6 is 11.3 Å². The van der Waals surface area contributed by atoms with Gasteiger partial charge in [0.25, 0.3) is 0 Å². The highest BCUT2D eigenvalue weighted by Gasteiger charge is 2.20. The summed E-state index contributed by atoms with van der Waals surface area (Å²) in [6.07, 6.45) is 1.69. The zero-order chi connectivity index (χ0) is 13.9. The number of thiophene rings is 1. The van der Waals surface area contributed by atoms with Gasteiger partial charge in [0.15, 0.2) is 0 Å². The van der Waals surface area contributed by atoms with E-state index in [0.717, 1.165) is 30.8 Å². The molecule has 0 aliphatic carbocycles. The van der Waals surface area contributed by atoms with Crippen LogP contribution in [-0.4, -0.2) is 39.3 Å². The molecule has 1 aromatic rings. The van der Waals surface area contributed by atoms with Gasteiger partial charge in [0, 0.05) is 25.1 Å². The summed E-state index contributed by atoms with van der Waals surface area (Å²) in [5.41, 5.74) is -0.00503. The summed E-state index contributed by atoms with van der Waals surface area (Å²) >= 11 is 0.912. The van der Waals surface area contributed by atoms with Gasteiger partial charge in [-0.25, -0.2) is 17.9 Å². The molecule has 0 saturated carbocycles. The first kappa shape index (κ1) is 14.4. The van der Waals surface area contributed by atoms with E-state index in [1.165, 1.54) is 11.4 Å². The second-order valence-corrected chi connectivity index (χ2v) is 7.28. The van der Waals surface area contributed by atoms with Gasteiger partial charge in [-0.3, -0.25) is 0 Å². The van der Waals surface area contributed by atoms with Crippen LogP contribution in [-0.2, 0) is 14.8 Å². The minimum Gasteiger partial charge on any atom is -0.478 e. The fourth-order valence-electron chi connectivity index (χ4n) is 1.85. The van der Waals surface area contributed by atoms with Crippen molar-refractivity contribution < 1.29 is 23.1 Å². The average Bonchev–Trinajstić information content (AvgIpc) is 2.99. The number of hydrogen-bond acceptors (Lipinski definition) is 5. The summed E-state index contributed by atoms with van der Waals surface area (Å²) in [5.74, 6) is -0.721. The SMILES string of the molecule is O=C(O)c1csc(S(=O)(=O)NCCC2CCOC2)c1. The standard InChI is InChI=1S/C11H15NO5S2/c13-11(14)9-5-10(18-7-9)19(15,16)12-3-1-8-2-4-17-6-8/h5,7-8,12H,1-4,6H2,(H,13,14). The van der Waals surface area contributed by atoms with Crippen molar-refractivity contribution in [3.05, 3.63) is 17.0 Å². The first-order valence-electron chi connectivity index (χ1n) is 5.88. The normalized spacial score (nSPS) is 19.7. The van der Waals surface area contributed by atoms with E-state index in [1.807, 2.05) is 0 Å². The van der Waals surface area contributed by atoms with Crippen molar-refractivity contribution in [1.82, 2.24) is 4.72 Å². The minimum absolute atomic E-state index is 0.00503. The van der Waals surface area contributed by atoms with Gasteiger partial charge in [0.05, 0.1) is 5.56 Å². The van der Waals surface area contributed by atoms with E-state index in [0.29, 0.717) is 19.1 Å². The lowest BCUT2D eigenvalue weighted by Gasteiger charge is -2.08. The number of ether oxygens (including phenoxy) is 1. The Hall–Kier alpha value is -0.960. The Morgan fingerprint density at radius 3 is 2.95 bits per heavy atom. The molecule has 1 atom stereocenters. The summed E-state index contributed by atoms with van der Waals surface area (Å²) in [7, 11) is -3.60. The zero-order valence-electron chi connectivity index (χ0n) is 10.2. The highest BCUT2D eigenvalue weighted by atomic mass is 32.2. The molecule has 19 heavy (non-hydrogen) atoms. The third-order valence-corrected chi connectivity index (χ3v) is 5.86. The summed E-state index contributed by atoms with van der Waals surface area (Å²) in [6.45, 7) is 1.77. The number of carboxylic acids is 1. The highest BCUT2D eigenvalue weighted by molar-refractivity contribution is 7.91. The molecule has 1 aliphatic rings. The second kappa shape index (κ2) is 6.00. The van der Waals surface area contributed by atoms with Crippen LogP contribution in [0.4, 0.5) is 0 Å². The van der Waals surface area contributed by atoms with Gasteiger partial charge in [-0.05, 0) is 24.8 Å². The van der Waals surface area contributed by atoms with E-state index in [9.17, 15) is 13.2 Å². The maximum absolute atomic E-state index is 11.9. The molecule has 2 N–H and O–H groups in total. The van der Waals surface area contributed by atoms with Gasteiger partial charge in [0.2, 0.25) is 10.0 Å². The molecule has 1 saturated heterocycles. The monoisotopic (exact) mass is 305 g/mol. The molecule has 2 rings (SSSR count). The van der Waals surface area contributed by atoms with E-state index < -0.39 is 16.0 Å². The van der Waals surface area contributed by atoms with Gasteiger partial charge in [-0.15, -0.1) is 11.3 Å². The predicted octanol–water partition coefficient (Wildman–Crippen LogP) is 1.15. The Kier molecular flexibility index (Phi) is 4.56. The quantitative estimate of drug-likeness (QED) is 0.822. The van der Waals surface area contributed by atoms with Crippen LogP contribution in [0.2, 0.25) is 0 Å². The third kappa shape index (κ3) is 3.75. The summed E-state index contributed by atoms with van der Waals surface area (Å²) in [4.78, 5) is 10.7. The average molecular weight is 305 g/mol. The van der Waals surface area contributed by atoms with Crippen LogP contribution < -0.4 is 4.72 Å². The number of sulfonamides is 1. The first-order valence-corrected chi connectivity index (χ1v) is 8.24. The lowest BCUT2D eigenvalue weighted by Crippen LogP contribution is -2.25. The maximum Gasteiger partial charge on any atom is 0.336 e. The second-order valence-electron chi connectivity index (χ2n) is 4.38. The Morgan fingerprint density at radius 2 is 2.37 bits per heavy atom. The van der Waals surface area contributed by atoms with Crippen LogP contribution in [0.15, 0.2) is 15.7 Å². The molecule has 1 unspecified atom stereocenters. The van der Waals surface area contributed by atoms with Crippen molar-refractivity contribution in [2.24, 2.45) is 5.92 Å². The van der Waals surface area contributed by atoms with Gasteiger partial charge in [0.1, 0.15) is 4.21 Å². The van der Waals surface area contributed by atoms with E-state index >= 15 is 0 Å². The van der Waals surface area contributed by atoms with Crippen LogP contribution in [0.1, 0.15) is 23.2 Å². The Labute approximate surface area is 115 Å². The molecule has 106 valence electrons. The summed E-state index contributed by atoms with van der Waals surface area (Å²) in [6, 6.07) is 1.17. The fraction of sp³-hybridized carbons (Fsp3) is 0.545. The van der Waals surface area contributed by atoms with E-state index in [2.05, 4.69) is 4.72 Å². The molecule has 0 spiro atoms. The number of aromatic carboxylic acids is 1. The molecule has 6 nitrogen and oxygen atoms in total. The number of nitrogens with one attached hydrogen (secondary N) is 1. The van der Waals surface area contributed by atoms with Gasteiger partial charge >= 0.3 is 5.97 Å². The summed E-state index contributed by atoms with van der Waals surface area (Å²) < 4.78 is 31.6. The van der Waals surface area contributed by atoms with Crippen LogP contribution in [0.5, 0.6) is 0 Å². The molecular weight excluding hydrogens is 290 g/mol. The highest BCUT2D eigenvalue weighted by Crippen LogP contribution is 2.21. The molecule has 8 heteroatoms. The van der Waals surface area contributed by atoms with Crippen molar-refractivity contribution >= 4 is 27.3 Å². The van der Waals surface area contributed by atoms with Crippen LogP contribution in [0, 0.1) is 5.92 Å². The van der Waals surface area contributed by atoms with Gasteiger partial charge < -0.3 is 9.84 Å². The molecular formula is C11H15NO5S2. The summed E-state index contributed by atoms with van der Waals surface area (Å²) in [5, 5.41) is 10.1. The Balaban J connectivity index is 1.91. The van der Waals surface area contributed by atoms with E-state index in [4.69, 9.17) is 9.84 Å². The van der Waals surface area contributed by atoms with Crippen LogP contribution in [0.3, 0.4) is 0 Å². The molecule has 0 aromatic carbocycles. The van der Waals surface area contributed by atoms with Crippen molar-refractivity contribution in [3.63, 3.8) is 0 Å². The molecule has 2 heterocycles. The fourth-order valence-corrected chi connectivity index (χ4v) is 4.09. The molecule has 0 bridgehead atoms. The third-order valence-electron chi connectivity index (χ3n) is 2.96. The number of carboxylic acid groups (broad SMARTS) is 1. The van der Waals surface area contributed by atoms with E-state index in [1.54, 1.807) is 0 Å². The molecule has 0 radical (unpaired) electrons. The lowest BCUT2D eigenvalue weighted by molar-refractivity contribution is 0.0697. The zero-order valence-corrected chi connectivity index (χ0v) is 11.8. The number of carbonyl (C=O) groups is 1. The lowest BCUT2D eigenvalue weighted by atomic mass is 10.1. The van der Waals surface area contributed by atoms with Crippen LogP contribution in [0.25, 0.3) is 0 Å². The van der Waals surface area contributed by atoms with Crippen molar-refractivity contribution in [2.75, 3.05) is 19.8 Å². The topological polar surface area (TPSA) is 92.7 Å². The van der Waals surface area contributed by atoms with Gasteiger partial charge in [-0.2, -0.15) is 0 Å². The maximum atomic E-state index is 11.9. The molecule has 0 amide bonds. The largest absolute Gasteiger partial charge is 0.478 e. The van der Waals surface area contributed by atoms with Crippen molar-refractivity contribution in [1.29, 1.82) is 0 Å². The van der Waals surface area contributed by atoms with Crippen molar-refractivity contribution in [3.8, 4) is 0 Å². The molecule has 1 aromatic heterocycles. The van der Waals surface area contributed by atoms with Crippen molar-refractivity contribution in [2.45, 2.75) is 17.1 Å². The molecule has 1 fully saturated rings.